The first-order valence-corrected chi connectivity index (χ1v) is 8.91. The van der Waals surface area contributed by atoms with E-state index in [1.807, 2.05) is 4.90 Å². The van der Waals surface area contributed by atoms with Gasteiger partial charge in [0.1, 0.15) is 18.0 Å². The first kappa shape index (κ1) is 16.8. The number of fused-ring (bicyclic) bond motifs is 1. The molecule has 0 saturated carbocycles. The zero-order valence-corrected chi connectivity index (χ0v) is 14.7. The number of anilines is 2. The van der Waals surface area contributed by atoms with Gasteiger partial charge in [-0.05, 0) is 18.2 Å². The molecule has 2 aromatic rings. The number of rotatable bonds is 4. The van der Waals surface area contributed by atoms with Crippen molar-refractivity contribution in [3.8, 4) is 0 Å². The maximum atomic E-state index is 14.8. The molecule has 2 amide bonds. The van der Waals surface area contributed by atoms with Gasteiger partial charge in [0, 0.05) is 12.7 Å². The Labute approximate surface area is 158 Å². The molecular weight excluding hydrogens is 371 g/mol. The van der Waals surface area contributed by atoms with Crippen LogP contribution in [0, 0.1) is 5.82 Å². The van der Waals surface area contributed by atoms with Gasteiger partial charge in [-0.25, -0.2) is 18.7 Å². The number of nitrogens with one attached hydrogen (secondary N) is 1. The van der Waals surface area contributed by atoms with E-state index in [1.54, 1.807) is 29.2 Å². The number of ether oxygens (including phenoxy) is 2. The second kappa shape index (κ2) is 6.36. The second-order valence-electron chi connectivity index (χ2n) is 6.98. The van der Waals surface area contributed by atoms with Gasteiger partial charge in [-0.15, -0.1) is 5.10 Å². The summed E-state index contributed by atoms with van der Waals surface area (Å²) < 4.78 is 26.8. The Bertz CT molecular complexity index is 906. The molecule has 5 rings (SSSR count). The van der Waals surface area contributed by atoms with Crippen LogP contribution in [0.3, 0.4) is 0 Å². The summed E-state index contributed by atoms with van der Waals surface area (Å²) in [7, 11) is 0. The smallest absolute Gasteiger partial charge is 0.414 e. The third kappa shape index (κ3) is 2.88. The van der Waals surface area contributed by atoms with Gasteiger partial charge < -0.3 is 19.7 Å². The Morgan fingerprint density at radius 3 is 2.86 bits per heavy atom. The third-order valence-electron chi connectivity index (χ3n) is 5.15. The number of benzene rings is 1. The van der Waals surface area contributed by atoms with Gasteiger partial charge in [-0.3, -0.25) is 4.90 Å². The van der Waals surface area contributed by atoms with Crippen molar-refractivity contribution in [1.29, 1.82) is 0 Å². The number of alkyl carbamates (subject to hydrolysis) is 1. The Hall–Kier alpha value is -3.37. The van der Waals surface area contributed by atoms with Crippen molar-refractivity contribution in [3.63, 3.8) is 0 Å². The van der Waals surface area contributed by atoms with Crippen molar-refractivity contribution in [3.05, 3.63) is 36.4 Å². The number of halogens is 1. The van der Waals surface area contributed by atoms with Crippen molar-refractivity contribution >= 4 is 23.6 Å². The first-order valence-electron chi connectivity index (χ1n) is 8.91. The Balaban J connectivity index is 1.29. The molecular formula is C17H17FN6O4. The highest BCUT2D eigenvalue weighted by Crippen LogP contribution is 2.31. The predicted octanol–water partition coefficient (Wildman–Crippen LogP) is 0.740. The van der Waals surface area contributed by atoms with Gasteiger partial charge in [0.2, 0.25) is 0 Å². The van der Waals surface area contributed by atoms with Crippen LogP contribution in [0.1, 0.15) is 0 Å². The molecule has 1 aromatic carbocycles. The van der Waals surface area contributed by atoms with Crippen LogP contribution in [-0.4, -0.2) is 65.1 Å². The minimum absolute atomic E-state index is 0.141. The number of hydrogen-bond donors (Lipinski definition) is 1. The van der Waals surface area contributed by atoms with Crippen molar-refractivity contribution in [2.75, 3.05) is 29.4 Å². The van der Waals surface area contributed by atoms with Crippen LogP contribution < -0.4 is 15.1 Å². The topological polar surface area (TPSA) is 102 Å². The molecule has 3 atom stereocenters. The summed E-state index contributed by atoms with van der Waals surface area (Å²) in [5, 5.41) is 10.3. The van der Waals surface area contributed by atoms with E-state index in [1.165, 1.54) is 11.0 Å². The second-order valence-corrected chi connectivity index (χ2v) is 6.98. The summed E-state index contributed by atoms with van der Waals surface area (Å²) in [6, 6.07) is 4.50. The summed E-state index contributed by atoms with van der Waals surface area (Å²) in [5.74, 6) is -0.448. The van der Waals surface area contributed by atoms with Crippen molar-refractivity contribution in [2.45, 2.75) is 24.8 Å². The van der Waals surface area contributed by atoms with Crippen LogP contribution in [0.2, 0.25) is 0 Å². The van der Waals surface area contributed by atoms with E-state index >= 15 is 0 Å². The fraction of sp³-hybridized carbons (Fsp3) is 0.412. The fourth-order valence-electron chi connectivity index (χ4n) is 3.84. The molecule has 11 heteroatoms. The molecule has 0 aliphatic carbocycles. The minimum Gasteiger partial charge on any atom is -0.442 e. The lowest BCUT2D eigenvalue weighted by atomic mass is 10.2. The number of hydrogen-bond acceptors (Lipinski definition) is 7. The van der Waals surface area contributed by atoms with E-state index < -0.39 is 24.1 Å². The van der Waals surface area contributed by atoms with Crippen LogP contribution >= 0.6 is 0 Å². The fourth-order valence-corrected chi connectivity index (χ4v) is 3.84. The van der Waals surface area contributed by atoms with Gasteiger partial charge in [-0.2, -0.15) is 0 Å². The number of nitrogens with zero attached hydrogens (tertiary/aromatic N) is 5. The SMILES string of the molecule is O=C1N[C@@H]2CN(c3ccc(N4C[C@H](Cn5ccnn5)OC4=O)cc3F)C[C@@H]2O1. The average molecular weight is 388 g/mol. The van der Waals surface area contributed by atoms with Crippen LogP contribution in [0.5, 0.6) is 0 Å². The monoisotopic (exact) mass is 388 g/mol. The van der Waals surface area contributed by atoms with E-state index in [2.05, 4.69) is 15.6 Å². The van der Waals surface area contributed by atoms with Gasteiger partial charge in [0.05, 0.1) is 43.2 Å². The molecule has 3 fully saturated rings. The quantitative estimate of drug-likeness (QED) is 0.824. The zero-order valence-electron chi connectivity index (χ0n) is 14.7. The van der Waals surface area contributed by atoms with Gasteiger partial charge in [0.15, 0.2) is 0 Å². The van der Waals surface area contributed by atoms with E-state index in [0.717, 1.165) is 0 Å². The maximum absolute atomic E-state index is 14.8. The number of carbonyl (C=O) groups excluding carboxylic acids is 2. The number of cyclic esters (lactones) is 1. The Morgan fingerprint density at radius 1 is 1.21 bits per heavy atom. The van der Waals surface area contributed by atoms with Crippen molar-refractivity contribution in [2.24, 2.45) is 0 Å². The van der Waals surface area contributed by atoms with Crippen molar-refractivity contribution < 1.29 is 23.5 Å². The molecule has 146 valence electrons. The van der Waals surface area contributed by atoms with Crippen LogP contribution in [0.15, 0.2) is 30.6 Å². The lowest BCUT2D eigenvalue weighted by molar-refractivity contribution is 0.129. The highest BCUT2D eigenvalue weighted by molar-refractivity contribution is 5.90. The molecule has 28 heavy (non-hydrogen) atoms. The molecule has 1 aromatic heterocycles. The Morgan fingerprint density at radius 2 is 2.11 bits per heavy atom. The normalized spacial score (nSPS) is 26.2. The minimum atomic E-state index is -0.524. The van der Waals surface area contributed by atoms with Crippen LogP contribution in [-0.2, 0) is 16.0 Å². The molecule has 10 nitrogen and oxygen atoms in total. The van der Waals surface area contributed by atoms with Gasteiger partial charge in [-0.1, -0.05) is 5.21 Å². The predicted molar refractivity (Wildman–Crippen MR) is 93.4 cm³/mol. The van der Waals surface area contributed by atoms with E-state index in [-0.39, 0.29) is 12.1 Å². The Kier molecular flexibility index (Phi) is 3.81. The molecule has 1 N–H and O–H groups in total. The van der Waals surface area contributed by atoms with Crippen molar-refractivity contribution in [1.82, 2.24) is 20.3 Å². The maximum Gasteiger partial charge on any atom is 0.414 e. The van der Waals surface area contributed by atoms with E-state index in [0.29, 0.717) is 37.6 Å². The summed E-state index contributed by atoms with van der Waals surface area (Å²) in [5.41, 5.74) is 0.832. The number of amides is 2. The van der Waals surface area contributed by atoms with Crippen LogP contribution in [0.25, 0.3) is 0 Å². The molecule has 3 saturated heterocycles. The van der Waals surface area contributed by atoms with Gasteiger partial charge >= 0.3 is 12.2 Å². The molecule has 0 unspecified atom stereocenters. The average Bonchev–Trinajstić information content (AvgIpc) is 3.40. The van der Waals surface area contributed by atoms with E-state index in [9.17, 15) is 14.0 Å². The van der Waals surface area contributed by atoms with E-state index in [4.69, 9.17) is 9.47 Å². The molecule has 0 spiro atoms. The lowest BCUT2D eigenvalue weighted by Gasteiger charge is -2.21. The largest absolute Gasteiger partial charge is 0.442 e. The highest BCUT2D eigenvalue weighted by Gasteiger charge is 2.42. The molecule has 3 aliphatic rings. The number of aromatic nitrogens is 3. The molecule has 3 aliphatic heterocycles. The standard InChI is InChI=1S/C17H17FN6O4/c18-12-5-10(24-7-11(27-17(24)26)6-23-4-3-19-21-23)1-2-14(12)22-8-13-15(9-22)28-16(25)20-13/h1-5,11,13,15H,6-9H2,(H,20,25)/t11-,13+,15-/m0/s1. The summed E-state index contributed by atoms with van der Waals surface area (Å²) >= 11 is 0. The zero-order chi connectivity index (χ0) is 19.3. The molecule has 0 radical (unpaired) electrons. The summed E-state index contributed by atoms with van der Waals surface area (Å²) in [6.07, 6.45) is 1.60. The molecule has 4 heterocycles. The van der Waals surface area contributed by atoms with Gasteiger partial charge in [0.25, 0.3) is 0 Å². The first-order chi connectivity index (χ1) is 13.6. The third-order valence-corrected chi connectivity index (χ3v) is 5.15. The highest BCUT2D eigenvalue weighted by atomic mass is 19.1. The lowest BCUT2D eigenvalue weighted by Crippen LogP contribution is -2.32. The molecule has 0 bridgehead atoms. The summed E-state index contributed by atoms with van der Waals surface area (Å²) in [6.45, 7) is 1.57. The summed E-state index contributed by atoms with van der Waals surface area (Å²) in [4.78, 5) is 26.7. The van der Waals surface area contributed by atoms with Crippen LogP contribution in [0.4, 0.5) is 25.4 Å². The number of carbonyl (C=O) groups is 2.